The molecule has 0 aliphatic rings. The van der Waals surface area contributed by atoms with Crippen molar-refractivity contribution in [2.75, 3.05) is 17.7 Å². The van der Waals surface area contributed by atoms with Crippen molar-refractivity contribution in [1.82, 2.24) is 0 Å². The lowest BCUT2D eigenvalue weighted by atomic mass is 10.1. The number of benzene rings is 2. The van der Waals surface area contributed by atoms with Crippen LogP contribution in [0.1, 0.15) is 15.9 Å². The second-order valence-electron chi connectivity index (χ2n) is 4.73. The molecule has 0 bridgehead atoms. The number of nitro groups is 1. The van der Waals surface area contributed by atoms with Crippen LogP contribution in [-0.2, 0) is 0 Å². The molecule has 0 saturated carbocycles. The van der Waals surface area contributed by atoms with Crippen molar-refractivity contribution in [1.29, 1.82) is 0 Å². The van der Waals surface area contributed by atoms with Crippen molar-refractivity contribution < 1.29 is 9.72 Å². The molecule has 2 rings (SSSR count). The van der Waals surface area contributed by atoms with E-state index in [0.29, 0.717) is 11.4 Å². The first-order valence-electron chi connectivity index (χ1n) is 6.29. The summed E-state index contributed by atoms with van der Waals surface area (Å²) < 4.78 is 0. The average molecular weight is 285 g/mol. The Morgan fingerprint density at radius 2 is 1.81 bits per heavy atom. The van der Waals surface area contributed by atoms with E-state index in [1.165, 1.54) is 23.1 Å². The molecule has 0 atom stereocenters. The fraction of sp³-hybridized carbons (Fsp3) is 0.133. The van der Waals surface area contributed by atoms with Gasteiger partial charge in [-0.2, -0.15) is 0 Å². The Kier molecular flexibility index (Phi) is 3.89. The molecule has 108 valence electrons. The minimum absolute atomic E-state index is 0.0249. The molecule has 2 N–H and O–H groups in total. The first kappa shape index (κ1) is 14.5. The summed E-state index contributed by atoms with van der Waals surface area (Å²) in [6, 6.07) is 11.3. The summed E-state index contributed by atoms with van der Waals surface area (Å²) in [5.41, 5.74) is 7.38. The van der Waals surface area contributed by atoms with Crippen LogP contribution in [0.15, 0.2) is 42.5 Å². The van der Waals surface area contributed by atoms with Gasteiger partial charge in [-0.3, -0.25) is 14.9 Å². The maximum absolute atomic E-state index is 12.5. The number of aryl methyl sites for hydroxylation is 1. The molecule has 6 nitrogen and oxygen atoms in total. The molecule has 0 aliphatic carbocycles. The average Bonchev–Trinajstić information content (AvgIpc) is 2.46. The molecule has 6 heteroatoms. The van der Waals surface area contributed by atoms with Crippen molar-refractivity contribution >= 4 is 23.0 Å². The zero-order chi connectivity index (χ0) is 15.6. The molecule has 0 aliphatic heterocycles. The second kappa shape index (κ2) is 5.62. The molecule has 0 saturated heterocycles. The Morgan fingerprint density at radius 3 is 2.38 bits per heavy atom. The van der Waals surface area contributed by atoms with E-state index in [1.54, 1.807) is 19.2 Å². The van der Waals surface area contributed by atoms with Gasteiger partial charge in [-0.25, -0.2) is 0 Å². The highest BCUT2D eigenvalue weighted by molar-refractivity contribution is 6.08. The number of carbonyl (C=O) groups is 1. The predicted octanol–water partition coefficient (Wildman–Crippen LogP) is 2.76. The first-order chi connectivity index (χ1) is 9.90. The number of hydrogen-bond donors (Lipinski definition) is 1. The second-order valence-corrected chi connectivity index (χ2v) is 4.73. The summed E-state index contributed by atoms with van der Waals surface area (Å²) in [6.07, 6.45) is 0. The molecule has 2 aromatic carbocycles. The summed E-state index contributed by atoms with van der Waals surface area (Å²) >= 11 is 0. The van der Waals surface area contributed by atoms with E-state index in [9.17, 15) is 14.9 Å². The van der Waals surface area contributed by atoms with Gasteiger partial charge in [0, 0.05) is 24.5 Å². The third-order valence-corrected chi connectivity index (χ3v) is 3.17. The van der Waals surface area contributed by atoms with Crippen LogP contribution in [0.3, 0.4) is 0 Å². The Bertz CT molecular complexity index is 696. The molecular weight excluding hydrogens is 270 g/mol. The van der Waals surface area contributed by atoms with E-state index in [0.717, 1.165) is 5.56 Å². The van der Waals surface area contributed by atoms with Gasteiger partial charge in [0.15, 0.2) is 0 Å². The van der Waals surface area contributed by atoms with E-state index in [1.807, 2.05) is 19.1 Å². The highest BCUT2D eigenvalue weighted by Crippen LogP contribution is 2.24. The summed E-state index contributed by atoms with van der Waals surface area (Å²) in [4.78, 5) is 24.3. The highest BCUT2D eigenvalue weighted by Gasteiger charge is 2.23. The van der Waals surface area contributed by atoms with E-state index in [-0.39, 0.29) is 11.3 Å². The first-order valence-corrected chi connectivity index (χ1v) is 6.29. The van der Waals surface area contributed by atoms with Gasteiger partial charge in [0.05, 0.1) is 4.92 Å². The van der Waals surface area contributed by atoms with Crippen LogP contribution < -0.4 is 10.6 Å². The lowest BCUT2D eigenvalue weighted by Crippen LogP contribution is -2.27. The van der Waals surface area contributed by atoms with Gasteiger partial charge in [0.25, 0.3) is 11.6 Å². The summed E-state index contributed by atoms with van der Waals surface area (Å²) in [6.45, 7) is 1.94. The maximum atomic E-state index is 12.5. The van der Waals surface area contributed by atoms with E-state index < -0.39 is 10.8 Å². The number of amides is 1. The number of rotatable bonds is 3. The maximum Gasteiger partial charge on any atom is 0.282 e. The fourth-order valence-corrected chi connectivity index (χ4v) is 1.95. The Hall–Kier alpha value is -2.89. The standard InChI is InChI=1S/C15H15N3O3/c1-10-3-6-12(7-4-10)17(2)15(19)13-9-11(16)5-8-14(13)18(20)21/h3-9H,16H2,1-2H3. The van der Waals surface area contributed by atoms with Crippen LogP contribution in [0, 0.1) is 17.0 Å². The van der Waals surface area contributed by atoms with Gasteiger partial charge < -0.3 is 10.6 Å². The van der Waals surface area contributed by atoms with E-state index in [2.05, 4.69) is 0 Å². The Balaban J connectivity index is 2.41. The number of nitro benzene ring substituents is 1. The number of hydrogen-bond acceptors (Lipinski definition) is 4. The SMILES string of the molecule is Cc1ccc(N(C)C(=O)c2cc(N)ccc2[N+](=O)[O-])cc1. The molecule has 0 radical (unpaired) electrons. The van der Waals surface area contributed by atoms with Crippen molar-refractivity contribution in [2.24, 2.45) is 0 Å². The van der Waals surface area contributed by atoms with Gasteiger partial charge in [0.2, 0.25) is 0 Å². The fourth-order valence-electron chi connectivity index (χ4n) is 1.95. The number of carbonyl (C=O) groups excluding carboxylic acids is 1. The molecule has 0 unspecified atom stereocenters. The zero-order valence-electron chi connectivity index (χ0n) is 11.7. The van der Waals surface area contributed by atoms with Gasteiger partial charge in [-0.15, -0.1) is 0 Å². The lowest BCUT2D eigenvalue weighted by molar-refractivity contribution is -0.385. The van der Waals surface area contributed by atoms with Crippen molar-refractivity contribution in [3.63, 3.8) is 0 Å². The van der Waals surface area contributed by atoms with Crippen molar-refractivity contribution in [3.8, 4) is 0 Å². The monoisotopic (exact) mass is 285 g/mol. The minimum atomic E-state index is -0.588. The predicted molar refractivity (Wildman–Crippen MR) is 81.4 cm³/mol. The number of nitrogen functional groups attached to an aromatic ring is 1. The summed E-state index contributed by atoms with van der Waals surface area (Å²) in [5.74, 6) is -0.474. The third-order valence-electron chi connectivity index (χ3n) is 3.17. The third kappa shape index (κ3) is 3.00. The van der Waals surface area contributed by atoms with Crippen molar-refractivity contribution in [3.05, 3.63) is 63.7 Å². The van der Waals surface area contributed by atoms with Crippen LogP contribution in [0.25, 0.3) is 0 Å². The Morgan fingerprint density at radius 1 is 1.19 bits per heavy atom. The largest absolute Gasteiger partial charge is 0.399 e. The van der Waals surface area contributed by atoms with Crippen molar-refractivity contribution in [2.45, 2.75) is 6.92 Å². The molecule has 0 aromatic heterocycles. The van der Waals surface area contributed by atoms with Gasteiger partial charge in [0.1, 0.15) is 5.56 Å². The minimum Gasteiger partial charge on any atom is -0.399 e. The van der Waals surface area contributed by atoms with E-state index in [4.69, 9.17) is 5.73 Å². The summed E-state index contributed by atoms with van der Waals surface area (Å²) in [7, 11) is 1.57. The van der Waals surface area contributed by atoms with Crippen LogP contribution in [0.4, 0.5) is 17.1 Å². The normalized spacial score (nSPS) is 10.2. The quantitative estimate of drug-likeness (QED) is 0.533. The van der Waals surface area contributed by atoms with Gasteiger partial charge >= 0.3 is 0 Å². The molecule has 0 fully saturated rings. The Labute approximate surface area is 121 Å². The van der Waals surface area contributed by atoms with Crippen LogP contribution in [0.5, 0.6) is 0 Å². The molecule has 21 heavy (non-hydrogen) atoms. The number of nitrogens with two attached hydrogens (primary N) is 1. The van der Waals surface area contributed by atoms with Crippen LogP contribution in [-0.4, -0.2) is 17.9 Å². The summed E-state index contributed by atoms with van der Waals surface area (Å²) in [5, 5.41) is 11.0. The smallest absolute Gasteiger partial charge is 0.282 e. The number of anilines is 2. The van der Waals surface area contributed by atoms with Gasteiger partial charge in [-0.05, 0) is 31.2 Å². The van der Waals surface area contributed by atoms with Crippen LogP contribution in [0.2, 0.25) is 0 Å². The molecular formula is C15H15N3O3. The van der Waals surface area contributed by atoms with Gasteiger partial charge in [-0.1, -0.05) is 17.7 Å². The molecule has 2 aromatic rings. The molecule has 1 amide bonds. The highest BCUT2D eigenvalue weighted by atomic mass is 16.6. The molecule has 0 heterocycles. The lowest BCUT2D eigenvalue weighted by Gasteiger charge is -2.17. The van der Waals surface area contributed by atoms with Crippen LogP contribution >= 0.6 is 0 Å². The zero-order valence-corrected chi connectivity index (χ0v) is 11.7. The number of nitrogens with zero attached hydrogens (tertiary/aromatic N) is 2. The van der Waals surface area contributed by atoms with E-state index >= 15 is 0 Å². The molecule has 0 spiro atoms. The topological polar surface area (TPSA) is 89.5 Å².